The van der Waals surface area contributed by atoms with Crippen LogP contribution in [0.4, 0.5) is 22.7 Å². The highest BCUT2D eigenvalue weighted by Crippen LogP contribution is 2.51. The molecule has 0 radical (unpaired) electrons. The molecule has 47 heavy (non-hydrogen) atoms. The van der Waals surface area contributed by atoms with Gasteiger partial charge < -0.3 is 4.90 Å². The zero-order valence-corrected chi connectivity index (χ0v) is 26.1. The molecule has 4 heteroatoms. The first-order valence-electron chi connectivity index (χ1n) is 15.9. The van der Waals surface area contributed by atoms with Crippen LogP contribution >= 0.6 is 0 Å². The van der Waals surface area contributed by atoms with Gasteiger partial charge >= 0.3 is 0 Å². The molecule has 0 atom stereocenters. The zero-order valence-electron chi connectivity index (χ0n) is 26.1. The van der Waals surface area contributed by atoms with Gasteiger partial charge in [0.2, 0.25) is 0 Å². The van der Waals surface area contributed by atoms with E-state index in [1.807, 2.05) is 6.07 Å². The standard InChI is InChI=1S/C43H30N2O2/c1-43(2)41-25-33-21-37(17-13-31(33)23-39(41)40-24-32-14-18-38(45(46)47)22-34(32)26-42(40)43)44(35-15-11-27-7-3-5-9-29(27)19-35)36-16-12-28-8-4-6-10-30(28)20-36/h3-26H,1-2H3. The van der Waals surface area contributed by atoms with Crippen LogP contribution in [0.1, 0.15) is 25.0 Å². The molecule has 0 heterocycles. The topological polar surface area (TPSA) is 46.4 Å². The first-order valence-corrected chi connectivity index (χ1v) is 15.9. The lowest BCUT2D eigenvalue weighted by Crippen LogP contribution is -2.15. The molecule has 9 rings (SSSR count). The average molecular weight is 607 g/mol. The predicted octanol–water partition coefficient (Wildman–Crippen LogP) is 12.0. The van der Waals surface area contributed by atoms with E-state index >= 15 is 0 Å². The molecule has 0 unspecified atom stereocenters. The van der Waals surface area contributed by atoms with Crippen molar-refractivity contribution < 1.29 is 4.92 Å². The summed E-state index contributed by atoms with van der Waals surface area (Å²) in [5.41, 5.74) is 8.05. The molecule has 0 amide bonds. The largest absolute Gasteiger partial charge is 0.310 e. The van der Waals surface area contributed by atoms with Crippen molar-refractivity contribution in [2.24, 2.45) is 0 Å². The summed E-state index contributed by atoms with van der Waals surface area (Å²) in [5.74, 6) is 0. The van der Waals surface area contributed by atoms with Gasteiger partial charge in [-0.25, -0.2) is 0 Å². The minimum atomic E-state index is -0.323. The maximum absolute atomic E-state index is 11.5. The third kappa shape index (κ3) is 4.29. The summed E-state index contributed by atoms with van der Waals surface area (Å²) >= 11 is 0. The van der Waals surface area contributed by atoms with Gasteiger partial charge in [0.25, 0.3) is 5.69 Å². The normalized spacial score (nSPS) is 13.2. The Morgan fingerprint density at radius 3 is 1.38 bits per heavy atom. The Labute approximate surface area is 272 Å². The van der Waals surface area contributed by atoms with Crippen molar-refractivity contribution in [1.82, 2.24) is 0 Å². The van der Waals surface area contributed by atoms with Crippen LogP contribution in [0.3, 0.4) is 0 Å². The molecule has 0 aromatic heterocycles. The van der Waals surface area contributed by atoms with Crippen molar-refractivity contribution in [2.75, 3.05) is 4.90 Å². The fourth-order valence-corrected chi connectivity index (χ4v) is 7.53. The van der Waals surface area contributed by atoms with Crippen molar-refractivity contribution in [3.63, 3.8) is 0 Å². The van der Waals surface area contributed by atoms with Gasteiger partial charge in [-0.2, -0.15) is 0 Å². The van der Waals surface area contributed by atoms with Crippen molar-refractivity contribution in [3.05, 3.63) is 167 Å². The molecule has 0 bridgehead atoms. The van der Waals surface area contributed by atoms with Gasteiger partial charge in [0.1, 0.15) is 0 Å². The highest BCUT2D eigenvalue weighted by atomic mass is 16.6. The second kappa shape index (κ2) is 10.0. The Morgan fingerprint density at radius 2 is 0.872 bits per heavy atom. The van der Waals surface area contributed by atoms with E-state index in [2.05, 4.69) is 146 Å². The molecule has 0 spiro atoms. The van der Waals surface area contributed by atoms with Crippen molar-refractivity contribution in [3.8, 4) is 11.1 Å². The Hall–Kier alpha value is -6.00. The maximum atomic E-state index is 11.5. The van der Waals surface area contributed by atoms with Gasteiger partial charge in [0, 0.05) is 34.6 Å². The average Bonchev–Trinajstić information content (AvgIpc) is 3.30. The SMILES string of the molecule is CC1(C)c2cc3cc(N(c4ccc5ccccc5c4)c4ccc5ccccc5c4)ccc3cc2-c2cc3ccc([N+](=O)[O-])cc3cc21. The van der Waals surface area contributed by atoms with Crippen molar-refractivity contribution >= 4 is 65.8 Å². The number of benzene rings is 8. The minimum Gasteiger partial charge on any atom is -0.310 e. The molecule has 0 fully saturated rings. The summed E-state index contributed by atoms with van der Waals surface area (Å²) in [6, 6.07) is 51.2. The molecule has 1 aliphatic rings. The number of hydrogen-bond donors (Lipinski definition) is 0. The highest BCUT2D eigenvalue weighted by molar-refractivity contribution is 6.00. The number of hydrogen-bond acceptors (Lipinski definition) is 3. The number of non-ortho nitro benzene ring substituents is 1. The molecule has 4 nitrogen and oxygen atoms in total. The summed E-state index contributed by atoms with van der Waals surface area (Å²) in [6.07, 6.45) is 0. The van der Waals surface area contributed by atoms with Crippen LogP contribution in [0.2, 0.25) is 0 Å². The number of nitrogens with zero attached hydrogens (tertiary/aromatic N) is 2. The summed E-state index contributed by atoms with van der Waals surface area (Å²) in [6.45, 7) is 4.51. The van der Waals surface area contributed by atoms with E-state index in [1.165, 1.54) is 54.6 Å². The smallest absolute Gasteiger partial charge is 0.270 e. The fraction of sp³-hybridized carbons (Fsp3) is 0.0698. The van der Waals surface area contributed by atoms with Gasteiger partial charge in [0.05, 0.1) is 4.92 Å². The van der Waals surface area contributed by atoms with Gasteiger partial charge in [-0.05, 0) is 132 Å². The van der Waals surface area contributed by atoms with E-state index in [4.69, 9.17) is 0 Å². The van der Waals surface area contributed by atoms with E-state index in [1.54, 1.807) is 12.1 Å². The second-order valence-corrected chi connectivity index (χ2v) is 13.1. The van der Waals surface area contributed by atoms with Gasteiger partial charge in [-0.1, -0.05) is 80.6 Å². The number of nitro benzene ring substituents is 1. The summed E-state index contributed by atoms with van der Waals surface area (Å²) in [4.78, 5) is 13.5. The summed E-state index contributed by atoms with van der Waals surface area (Å²) in [7, 11) is 0. The van der Waals surface area contributed by atoms with Crippen molar-refractivity contribution in [2.45, 2.75) is 19.3 Å². The molecular formula is C43H30N2O2. The van der Waals surface area contributed by atoms with Crippen molar-refractivity contribution in [1.29, 1.82) is 0 Å². The first kappa shape index (κ1) is 27.3. The Morgan fingerprint density at radius 1 is 0.468 bits per heavy atom. The zero-order chi connectivity index (χ0) is 31.9. The van der Waals surface area contributed by atoms with E-state index in [0.29, 0.717) is 0 Å². The van der Waals surface area contributed by atoms with Crippen LogP contribution < -0.4 is 4.90 Å². The molecule has 0 saturated carbocycles. The Bertz CT molecular complexity index is 2520. The Kier molecular flexibility index (Phi) is 5.81. The molecule has 8 aromatic carbocycles. The van der Waals surface area contributed by atoms with Crippen LogP contribution in [0.5, 0.6) is 0 Å². The number of fused-ring (bicyclic) bond motifs is 7. The van der Waals surface area contributed by atoms with Gasteiger partial charge in [-0.15, -0.1) is 0 Å². The highest BCUT2D eigenvalue weighted by Gasteiger charge is 2.36. The van der Waals surface area contributed by atoms with Gasteiger partial charge in [0.15, 0.2) is 0 Å². The monoisotopic (exact) mass is 606 g/mol. The molecule has 8 aromatic rings. The van der Waals surface area contributed by atoms with Crippen LogP contribution in [0.15, 0.2) is 146 Å². The van der Waals surface area contributed by atoms with E-state index in [9.17, 15) is 10.1 Å². The van der Waals surface area contributed by atoms with Crippen LogP contribution in [-0.4, -0.2) is 4.92 Å². The molecule has 0 N–H and O–H groups in total. The maximum Gasteiger partial charge on any atom is 0.270 e. The third-order valence-corrected chi connectivity index (χ3v) is 10.0. The number of anilines is 3. The quantitative estimate of drug-likeness (QED) is 0.148. The van der Waals surface area contributed by atoms with Gasteiger partial charge in [-0.3, -0.25) is 10.1 Å². The molecule has 224 valence electrons. The van der Waals surface area contributed by atoms with E-state index < -0.39 is 0 Å². The Balaban J connectivity index is 1.22. The number of nitro groups is 1. The molecular weight excluding hydrogens is 576 g/mol. The lowest BCUT2D eigenvalue weighted by atomic mass is 9.81. The lowest BCUT2D eigenvalue weighted by molar-refractivity contribution is -0.384. The van der Waals surface area contributed by atoms with E-state index in [0.717, 1.165) is 27.8 Å². The van der Waals surface area contributed by atoms with E-state index in [-0.39, 0.29) is 16.0 Å². The third-order valence-electron chi connectivity index (χ3n) is 10.0. The second-order valence-electron chi connectivity index (χ2n) is 13.1. The first-order chi connectivity index (χ1) is 22.8. The van der Waals surface area contributed by atoms with Crippen LogP contribution in [0, 0.1) is 10.1 Å². The van der Waals surface area contributed by atoms with Crippen LogP contribution in [-0.2, 0) is 5.41 Å². The summed E-state index contributed by atoms with van der Waals surface area (Å²) < 4.78 is 0. The molecule has 0 saturated heterocycles. The summed E-state index contributed by atoms with van der Waals surface area (Å²) in [5, 5.41) is 20.6. The molecule has 1 aliphatic carbocycles. The predicted molar refractivity (Wildman–Crippen MR) is 195 cm³/mol. The number of rotatable bonds is 4. The van der Waals surface area contributed by atoms with Crippen LogP contribution in [0.25, 0.3) is 54.2 Å². The minimum absolute atomic E-state index is 0.117. The molecule has 0 aliphatic heterocycles. The lowest BCUT2D eigenvalue weighted by Gasteiger charge is -2.27. The fourth-order valence-electron chi connectivity index (χ4n) is 7.53.